The molecule has 8 nitrogen and oxygen atoms in total. The molecule has 0 spiro atoms. The second-order valence-electron chi connectivity index (χ2n) is 11.4. The lowest BCUT2D eigenvalue weighted by molar-refractivity contribution is -0.137. The maximum Gasteiger partial charge on any atom is 0.416 e. The standard InChI is InChI=1S/C34H32F3N3O5S/c1-19-14-22(16-23(15-19)34(35,36)37)31-20(2)40(33(42)45-31)18-26-24(7-11-30(38-26)39-12-5-13-39)25-17-21(6-8-27(25)43-3)28-9-10-29(46-28)32(41)44-4/h6-11,14-17,20,31H,5,12-13,18H2,1-4H3/t20-,31-/m0/s1. The van der Waals surface area contributed by atoms with Crippen molar-refractivity contribution in [1.82, 2.24) is 9.88 Å². The molecule has 0 bridgehead atoms. The van der Waals surface area contributed by atoms with Gasteiger partial charge in [-0.3, -0.25) is 4.90 Å². The number of esters is 1. The van der Waals surface area contributed by atoms with Crippen LogP contribution in [0.15, 0.2) is 60.7 Å². The lowest BCUT2D eigenvalue weighted by Crippen LogP contribution is -2.38. The highest BCUT2D eigenvalue weighted by molar-refractivity contribution is 7.17. The number of hydrogen-bond donors (Lipinski definition) is 0. The number of cyclic esters (lactones) is 1. The van der Waals surface area contributed by atoms with Crippen LogP contribution in [0.5, 0.6) is 5.75 Å². The molecule has 4 aromatic rings. The number of hydrogen-bond acceptors (Lipinski definition) is 8. The number of benzene rings is 2. The minimum absolute atomic E-state index is 0.0599. The smallest absolute Gasteiger partial charge is 0.416 e. The summed E-state index contributed by atoms with van der Waals surface area (Å²) in [5, 5.41) is 0. The van der Waals surface area contributed by atoms with Gasteiger partial charge in [0.1, 0.15) is 22.5 Å². The normalized spacial score (nSPS) is 17.9. The first-order valence-electron chi connectivity index (χ1n) is 14.7. The predicted molar refractivity (Wildman–Crippen MR) is 168 cm³/mol. The molecule has 0 aliphatic carbocycles. The number of nitrogens with zero attached hydrogens (tertiary/aromatic N) is 3. The van der Waals surface area contributed by atoms with E-state index in [4.69, 9.17) is 19.2 Å². The van der Waals surface area contributed by atoms with Gasteiger partial charge in [-0.25, -0.2) is 14.6 Å². The molecule has 46 heavy (non-hydrogen) atoms. The van der Waals surface area contributed by atoms with Crippen LogP contribution < -0.4 is 9.64 Å². The third-order valence-electron chi connectivity index (χ3n) is 8.37. The van der Waals surface area contributed by atoms with Crippen LogP contribution in [0.1, 0.15) is 51.5 Å². The largest absolute Gasteiger partial charge is 0.496 e. The molecule has 2 aliphatic heterocycles. The Labute approximate surface area is 268 Å². The van der Waals surface area contributed by atoms with Crippen molar-refractivity contribution in [2.24, 2.45) is 0 Å². The van der Waals surface area contributed by atoms with Crippen molar-refractivity contribution in [2.45, 2.75) is 45.1 Å². The number of rotatable bonds is 8. The average molecular weight is 652 g/mol. The van der Waals surface area contributed by atoms with E-state index in [0.29, 0.717) is 21.9 Å². The number of carbonyl (C=O) groups excluding carboxylic acids is 2. The molecule has 0 N–H and O–H groups in total. The van der Waals surface area contributed by atoms with Gasteiger partial charge in [-0.05, 0) is 86.0 Å². The molecule has 0 radical (unpaired) electrons. The van der Waals surface area contributed by atoms with Gasteiger partial charge in [-0.2, -0.15) is 13.2 Å². The van der Waals surface area contributed by atoms with Crippen LogP contribution in [-0.2, 0) is 22.2 Å². The van der Waals surface area contributed by atoms with Crippen LogP contribution in [0, 0.1) is 6.92 Å². The molecule has 6 rings (SSSR count). The molecule has 2 atom stereocenters. The highest BCUT2D eigenvalue weighted by atomic mass is 32.1. The number of anilines is 1. The molecule has 2 saturated heterocycles. The first-order chi connectivity index (χ1) is 22.0. The maximum atomic E-state index is 13.6. The molecule has 12 heteroatoms. The van der Waals surface area contributed by atoms with E-state index in [1.54, 1.807) is 33.1 Å². The lowest BCUT2D eigenvalue weighted by atomic mass is 9.97. The van der Waals surface area contributed by atoms with Crippen molar-refractivity contribution in [2.75, 3.05) is 32.2 Å². The first-order valence-corrected chi connectivity index (χ1v) is 15.6. The zero-order chi connectivity index (χ0) is 32.7. The van der Waals surface area contributed by atoms with Crippen LogP contribution in [0.25, 0.3) is 21.6 Å². The van der Waals surface area contributed by atoms with Gasteiger partial charge < -0.3 is 19.1 Å². The number of aromatic nitrogens is 1. The summed E-state index contributed by atoms with van der Waals surface area (Å²) >= 11 is 1.31. The Morgan fingerprint density at radius 3 is 2.50 bits per heavy atom. The van der Waals surface area contributed by atoms with Crippen molar-refractivity contribution in [1.29, 1.82) is 0 Å². The number of amides is 1. The second kappa shape index (κ2) is 12.3. The third-order valence-corrected chi connectivity index (χ3v) is 9.49. The molecule has 2 fully saturated rings. The molecule has 2 aromatic carbocycles. The molecule has 2 aromatic heterocycles. The Morgan fingerprint density at radius 2 is 1.83 bits per heavy atom. The van der Waals surface area contributed by atoms with Crippen molar-refractivity contribution >= 4 is 29.2 Å². The first kappa shape index (κ1) is 31.4. The Balaban J connectivity index is 1.38. The number of halogens is 3. The number of aryl methyl sites for hydroxylation is 1. The number of ether oxygens (including phenoxy) is 3. The van der Waals surface area contributed by atoms with E-state index < -0.39 is 35.9 Å². The van der Waals surface area contributed by atoms with E-state index in [2.05, 4.69) is 4.90 Å². The van der Waals surface area contributed by atoms with E-state index in [0.717, 1.165) is 59.0 Å². The lowest BCUT2D eigenvalue weighted by Gasteiger charge is -2.33. The van der Waals surface area contributed by atoms with Gasteiger partial charge in [-0.15, -0.1) is 11.3 Å². The molecule has 1 amide bonds. The zero-order valence-electron chi connectivity index (χ0n) is 25.7. The number of alkyl halides is 3. The fourth-order valence-electron chi connectivity index (χ4n) is 5.81. The summed E-state index contributed by atoms with van der Waals surface area (Å²) in [6, 6.07) is 16.3. The maximum absolute atomic E-state index is 13.6. The Morgan fingerprint density at radius 1 is 1.04 bits per heavy atom. The summed E-state index contributed by atoms with van der Waals surface area (Å²) in [7, 11) is 2.91. The molecule has 0 saturated carbocycles. The van der Waals surface area contributed by atoms with Crippen LogP contribution in [0.3, 0.4) is 0 Å². The fourth-order valence-corrected chi connectivity index (χ4v) is 6.73. The second-order valence-corrected chi connectivity index (χ2v) is 12.5. The van der Waals surface area contributed by atoms with Gasteiger partial charge in [0.05, 0.1) is 38.1 Å². The van der Waals surface area contributed by atoms with Gasteiger partial charge >= 0.3 is 18.2 Å². The number of methoxy groups -OCH3 is 2. The Hall–Kier alpha value is -4.58. The summed E-state index contributed by atoms with van der Waals surface area (Å²) in [6.07, 6.45) is -5.00. The van der Waals surface area contributed by atoms with Crippen molar-refractivity contribution in [3.63, 3.8) is 0 Å². The molecule has 2 aliphatic rings. The molecule has 4 heterocycles. The minimum atomic E-state index is -4.53. The SMILES string of the molecule is COC(=O)c1ccc(-c2ccc(OC)c(-c3ccc(N4CCC4)nc3CN3C(=O)O[C@H](c4cc(C)cc(C(F)(F)F)c4)[C@@H]3C)c2)s1. The summed E-state index contributed by atoms with van der Waals surface area (Å²) in [4.78, 5) is 35.3. The van der Waals surface area contributed by atoms with Gasteiger partial charge in [-0.1, -0.05) is 11.6 Å². The van der Waals surface area contributed by atoms with E-state index in [1.807, 2.05) is 36.4 Å². The van der Waals surface area contributed by atoms with Gasteiger partial charge in [0.15, 0.2) is 0 Å². The summed E-state index contributed by atoms with van der Waals surface area (Å²) < 4.78 is 57.1. The van der Waals surface area contributed by atoms with E-state index in [-0.39, 0.29) is 12.1 Å². The summed E-state index contributed by atoms with van der Waals surface area (Å²) in [5.74, 6) is 0.942. The monoisotopic (exact) mass is 651 g/mol. The van der Waals surface area contributed by atoms with Gasteiger partial charge in [0.25, 0.3) is 0 Å². The summed E-state index contributed by atoms with van der Waals surface area (Å²) in [6.45, 7) is 5.14. The van der Waals surface area contributed by atoms with Crippen LogP contribution >= 0.6 is 11.3 Å². The van der Waals surface area contributed by atoms with Gasteiger partial charge in [0.2, 0.25) is 0 Å². The highest BCUT2D eigenvalue weighted by Gasteiger charge is 2.41. The fraction of sp³-hybridized carbons (Fsp3) is 0.324. The highest BCUT2D eigenvalue weighted by Crippen LogP contribution is 2.41. The Bertz CT molecular complexity index is 1800. The van der Waals surface area contributed by atoms with E-state index >= 15 is 0 Å². The van der Waals surface area contributed by atoms with Crippen LogP contribution in [0.4, 0.5) is 23.8 Å². The quantitative estimate of drug-likeness (QED) is 0.179. The molecular formula is C34H32F3N3O5S. The Kier molecular flexibility index (Phi) is 8.41. The zero-order valence-corrected chi connectivity index (χ0v) is 26.5. The average Bonchev–Trinajstić information content (AvgIpc) is 3.60. The molecule has 0 unspecified atom stereocenters. The van der Waals surface area contributed by atoms with Crippen molar-refractivity contribution < 1.29 is 37.0 Å². The number of thiophene rings is 1. The van der Waals surface area contributed by atoms with Crippen LogP contribution in [-0.4, -0.2) is 55.3 Å². The summed E-state index contributed by atoms with van der Waals surface area (Å²) in [5.41, 5.74) is 2.83. The van der Waals surface area contributed by atoms with Crippen LogP contribution in [0.2, 0.25) is 0 Å². The van der Waals surface area contributed by atoms with E-state index in [9.17, 15) is 22.8 Å². The number of carbonyl (C=O) groups is 2. The molecular weight excluding hydrogens is 619 g/mol. The predicted octanol–water partition coefficient (Wildman–Crippen LogP) is 7.89. The van der Waals surface area contributed by atoms with Crippen molar-refractivity contribution in [3.8, 4) is 27.3 Å². The third kappa shape index (κ3) is 6.01. The van der Waals surface area contributed by atoms with Crippen molar-refractivity contribution in [3.05, 3.63) is 87.9 Å². The molecule has 240 valence electrons. The minimum Gasteiger partial charge on any atom is -0.496 e. The van der Waals surface area contributed by atoms with Gasteiger partial charge in [0, 0.05) is 29.1 Å². The number of pyridine rings is 1. The topological polar surface area (TPSA) is 81.2 Å². The van der Waals surface area contributed by atoms with E-state index in [1.165, 1.54) is 23.3 Å².